The van der Waals surface area contributed by atoms with Gasteiger partial charge < -0.3 is 15.3 Å². The summed E-state index contributed by atoms with van der Waals surface area (Å²) in [6.45, 7) is 4.32. The molecule has 0 aliphatic carbocycles. The Morgan fingerprint density at radius 2 is 1.59 bits per heavy atom. The number of para-hydroxylation sites is 2. The zero-order valence-electron chi connectivity index (χ0n) is 15.4. The summed E-state index contributed by atoms with van der Waals surface area (Å²) in [5.74, 6) is 0.752. The molecule has 1 aliphatic rings. The van der Waals surface area contributed by atoms with Gasteiger partial charge in [0.2, 0.25) is 0 Å². The molecule has 142 valence electrons. The molecule has 1 aromatic heterocycles. The van der Waals surface area contributed by atoms with Crippen LogP contribution in [0.2, 0.25) is 0 Å². The quantitative estimate of drug-likeness (QED) is 0.496. The predicted octanol–water partition coefficient (Wildman–Crippen LogP) is 5.18. The summed E-state index contributed by atoms with van der Waals surface area (Å²) < 4.78 is 2.05. The van der Waals surface area contributed by atoms with E-state index in [9.17, 15) is 5.21 Å². The Hall–Kier alpha value is -3.87. The molecule has 0 spiro atoms. The fourth-order valence-corrected chi connectivity index (χ4v) is 3.64. The molecule has 0 saturated heterocycles. The standard InChI is InChI=1S/C23H17N4O2/c1-16-23-24-20-9-5-6-10-21(20)25(23)15-22(17-7-3-2-4-8-17)26(16)18-11-13-19(14-12-18)27(28)29/h2-15,28H,1H2/q-1. The Balaban J connectivity index is 1.72. The van der Waals surface area contributed by atoms with E-state index in [1.807, 2.05) is 59.5 Å². The normalized spacial score (nSPS) is 13.4. The van der Waals surface area contributed by atoms with Gasteiger partial charge in [-0.15, -0.1) is 0 Å². The molecule has 3 aromatic carbocycles. The van der Waals surface area contributed by atoms with Gasteiger partial charge >= 0.3 is 0 Å². The average Bonchev–Trinajstić information content (AvgIpc) is 3.13. The van der Waals surface area contributed by atoms with Crippen LogP contribution in [0.15, 0.2) is 85.4 Å². The lowest BCUT2D eigenvalue weighted by molar-refractivity contribution is 0.296. The molecule has 0 atom stereocenters. The number of imidazole rings is 1. The zero-order chi connectivity index (χ0) is 20.0. The van der Waals surface area contributed by atoms with E-state index in [0.29, 0.717) is 0 Å². The second-order valence-electron chi connectivity index (χ2n) is 6.75. The van der Waals surface area contributed by atoms with Crippen molar-refractivity contribution in [3.05, 3.63) is 102 Å². The van der Waals surface area contributed by atoms with Crippen molar-refractivity contribution >= 4 is 40.0 Å². The predicted molar refractivity (Wildman–Crippen MR) is 116 cm³/mol. The van der Waals surface area contributed by atoms with Gasteiger partial charge in [-0.05, 0) is 36.4 Å². The molecule has 0 amide bonds. The maximum absolute atomic E-state index is 11.2. The first-order valence-electron chi connectivity index (χ1n) is 9.13. The fourth-order valence-electron chi connectivity index (χ4n) is 3.64. The van der Waals surface area contributed by atoms with Crippen LogP contribution in [0.5, 0.6) is 0 Å². The largest absolute Gasteiger partial charge is 0.733 e. The van der Waals surface area contributed by atoms with Gasteiger partial charge in [0.1, 0.15) is 0 Å². The molecular weight excluding hydrogens is 364 g/mol. The van der Waals surface area contributed by atoms with Gasteiger partial charge in [0.25, 0.3) is 0 Å². The molecule has 0 radical (unpaired) electrons. The Bertz CT molecular complexity index is 1240. The molecule has 0 saturated carbocycles. The third kappa shape index (κ3) is 2.79. The van der Waals surface area contributed by atoms with Crippen molar-refractivity contribution in [1.82, 2.24) is 9.55 Å². The van der Waals surface area contributed by atoms with E-state index >= 15 is 0 Å². The van der Waals surface area contributed by atoms with E-state index in [1.54, 1.807) is 24.3 Å². The lowest BCUT2D eigenvalue weighted by Gasteiger charge is -2.33. The Morgan fingerprint density at radius 1 is 0.897 bits per heavy atom. The summed E-state index contributed by atoms with van der Waals surface area (Å²) in [7, 11) is 0. The smallest absolute Gasteiger partial charge is 0.161 e. The first-order valence-corrected chi connectivity index (χ1v) is 9.13. The van der Waals surface area contributed by atoms with Gasteiger partial charge in [0.05, 0.1) is 28.1 Å². The van der Waals surface area contributed by atoms with Gasteiger partial charge in [-0.1, -0.05) is 49.0 Å². The molecule has 0 bridgehead atoms. The van der Waals surface area contributed by atoms with Crippen LogP contribution in [0.25, 0.3) is 28.6 Å². The van der Waals surface area contributed by atoms with Gasteiger partial charge in [-0.3, -0.25) is 9.77 Å². The number of anilines is 2. The molecule has 0 fully saturated rings. The number of hydrogen-bond donors (Lipinski definition) is 1. The molecule has 4 aromatic rings. The van der Waals surface area contributed by atoms with E-state index in [-0.39, 0.29) is 10.9 Å². The van der Waals surface area contributed by atoms with Crippen LogP contribution in [0, 0.1) is 5.21 Å². The van der Waals surface area contributed by atoms with Gasteiger partial charge in [0.15, 0.2) is 5.82 Å². The van der Waals surface area contributed by atoms with E-state index in [2.05, 4.69) is 17.3 Å². The van der Waals surface area contributed by atoms with Crippen LogP contribution >= 0.6 is 0 Å². The number of benzene rings is 3. The Kier molecular flexibility index (Phi) is 3.94. The maximum atomic E-state index is 11.2. The first-order chi connectivity index (χ1) is 14.1. The van der Waals surface area contributed by atoms with E-state index < -0.39 is 0 Å². The lowest BCUT2D eigenvalue weighted by atomic mass is 10.1. The van der Waals surface area contributed by atoms with Crippen molar-refractivity contribution in [3.8, 4) is 0 Å². The monoisotopic (exact) mass is 381 g/mol. The summed E-state index contributed by atoms with van der Waals surface area (Å²) in [5, 5.41) is 20.2. The summed E-state index contributed by atoms with van der Waals surface area (Å²) in [5.41, 5.74) is 5.55. The number of fused-ring (bicyclic) bond motifs is 3. The van der Waals surface area contributed by atoms with Gasteiger partial charge in [0, 0.05) is 17.5 Å². The third-order valence-electron chi connectivity index (χ3n) is 5.01. The number of aromatic nitrogens is 2. The van der Waals surface area contributed by atoms with E-state index in [1.165, 1.54) is 0 Å². The Labute approximate surface area is 167 Å². The highest BCUT2D eigenvalue weighted by atomic mass is 16.8. The highest BCUT2D eigenvalue weighted by Crippen LogP contribution is 2.39. The minimum atomic E-state index is -0.151. The molecule has 5 rings (SSSR count). The SMILES string of the molecule is C=C1c2nc3ccccc3n2C=C(c2ccccc2)N1c1ccc(N([O-])O)cc1. The maximum Gasteiger partial charge on any atom is 0.161 e. The van der Waals surface area contributed by atoms with Crippen molar-refractivity contribution in [2.75, 3.05) is 10.1 Å². The second kappa shape index (κ2) is 6.63. The lowest BCUT2D eigenvalue weighted by Crippen LogP contribution is -2.25. The average molecular weight is 381 g/mol. The van der Waals surface area contributed by atoms with E-state index in [0.717, 1.165) is 39.5 Å². The molecule has 1 N–H and O–H groups in total. The number of nitrogens with zero attached hydrogens (tertiary/aromatic N) is 4. The summed E-state index contributed by atoms with van der Waals surface area (Å²) >= 11 is 0. The van der Waals surface area contributed by atoms with Crippen LogP contribution in [0.3, 0.4) is 0 Å². The molecular formula is C23H17N4O2-. The minimum absolute atomic E-state index is 0.151. The molecule has 29 heavy (non-hydrogen) atoms. The van der Waals surface area contributed by atoms with Gasteiger partial charge in [-0.2, -0.15) is 0 Å². The minimum Gasteiger partial charge on any atom is -0.733 e. The van der Waals surface area contributed by atoms with Crippen molar-refractivity contribution < 1.29 is 5.21 Å². The molecule has 1 aliphatic heterocycles. The first kappa shape index (κ1) is 17.2. The van der Waals surface area contributed by atoms with Crippen molar-refractivity contribution in [3.63, 3.8) is 0 Å². The van der Waals surface area contributed by atoms with Gasteiger partial charge in [-0.25, -0.2) is 4.98 Å². The van der Waals surface area contributed by atoms with Crippen molar-refractivity contribution in [1.29, 1.82) is 0 Å². The molecule has 0 unspecified atom stereocenters. The van der Waals surface area contributed by atoms with Crippen LogP contribution in [-0.2, 0) is 0 Å². The van der Waals surface area contributed by atoms with Crippen molar-refractivity contribution in [2.45, 2.75) is 0 Å². The second-order valence-corrected chi connectivity index (χ2v) is 6.75. The summed E-state index contributed by atoms with van der Waals surface area (Å²) in [6.07, 6.45) is 2.05. The zero-order valence-corrected chi connectivity index (χ0v) is 15.4. The fraction of sp³-hybridized carbons (Fsp3) is 0. The molecule has 2 heterocycles. The van der Waals surface area contributed by atoms with Crippen LogP contribution < -0.4 is 10.1 Å². The summed E-state index contributed by atoms with van der Waals surface area (Å²) in [6, 6.07) is 24.7. The van der Waals surface area contributed by atoms with Crippen LogP contribution in [0.4, 0.5) is 11.4 Å². The highest BCUT2D eigenvalue weighted by Gasteiger charge is 2.27. The number of hydrogen-bond acceptors (Lipinski definition) is 5. The highest BCUT2D eigenvalue weighted by molar-refractivity contribution is 6.03. The van der Waals surface area contributed by atoms with Crippen LogP contribution in [0.1, 0.15) is 11.4 Å². The third-order valence-corrected chi connectivity index (χ3v) is 5.01. The van der Waals surface area contributed by atoms with Crippen molar-refractivity contribution in [2.24, 2.45) is 0 Å². The molecule has 6 nitrogen and oxygen atoms in total. The number of rotatable bonds is 3. The van der Waals surface area contributed by atoms with E-state index in [4.69, 9.17) is 10.2 Å². The topological polar surface area (TPSA) is 67.6 Å². The van der Waals surface area contributed by atoms with Crippen LogP contribution in [-0.4, -0.2) is 14.8 Å². The Morgan fingerprint density at radius 3 is 2.31 bits per heavy atom. The summed E-state index contributed by atoms with van der Waals surface area (Å²) in [4.78, 5) is 6.77. The molecule has 6 heteroatoms.